The summed E-state index contributed by atoms with van der Waals surface area (Å²) in [5, 5.41) is 4.58. The van der Waals surface area contributed by atoms with Crippen LogP contribution in [0.3, 0.4) is 0 Å². The molecule has 1 aliphatic rings. The number of aryl methyl sites for hydroxylation is 1. The monoisotopic (exact) mass is 431 g/mol. The van der Waals surface area contributed by atoms with Gasteiger partial charge in [0.05, 0.1) is 16.0 Å². The molecular weight excluding hydrogens is 413 g/mol. The minimum absolute atomic E-state index is 0.165. The van der Waals surface area contributed by atoms with Gasteiger partial charge in [0.25, 0.3) is 5.91 Å². The number of hydrogen-bond donors (Lipinski definition) is 1. The molecule has 0 bridgehead atoms. The van der Waals surface area contributed by atoms with Gasteiger partial charge in [-0.3, -0.25) is 9.59 Å². The highest BCUT2D eigenvalue weighted by atomic mass is 35.5. The average molecular weight is 432 g/mol. The number of rotatable bonds is 3. The number of nitrogens with zero attached hydrogens (tertiary/aromatic N) is 2. The van der Waals surface area contributed by atoms with E-state index in [0.29, 0.717) is 41.0 Å². The number of pyridine rings is 1. The van der Waals surface area contributed by atoms with E-state index in [9.17, 15) is 9.59 Å². The molecule has 0 radical (unpaired) electrons. The summed E-state index contributed by atoms with van der Waals surface area (Å²) in [6.45, 7) is 2.74. The molecule has 2 aromatic heterocycles. The Morgan fingerprint density at radius 2 is 2.07 bits per heavy atom. The molecule has 8 heteroatoms. The zero-order valence-electron chi connectivity index (χ0n) is 15.7. The standard InChI is InChI=1S/C21H19Cl2N3O3/c1-12-15-5-2-6-16(23)19(15)29-18(12)21(28)26-9-3-4-13(11-26)20(27)25-17-8-7-14(22)10-24-17/h2,5-8,10,13H,3-4,9,11H2,1H3,(H,24,25,27). The minimum Gasteiger partial charge on any atom is -0.449 e. The zero-order chi connectivity index (χ0) is 20.5. The van der Waals surface area contributed by atoms with Gasteiger partial charge >= 0.3 is 0 Å². The van der Waals surface area contributed by atoms with Crippen molar-refractivity contribution in [3.63, 3.8) is 0 Å². The number of nitrogens with one attached hydrogen (secondary N) is 1. The third-order valence-electron chi connectivity index (χ3n) is 5.17. The van der Waals surface area contributed by atoms with E-state index in [2.05, 4.69) is 10.3 Å². The summed E-state index contributed by atoms with van der Waals surface area (Å²) in [7, 11) is 0. The first-order valence-electron chi connectivity index (χ1n) is 9.33. The molecule has 2 amide bonds. The predicted octanol–water partition coefficient (Wildman–Crippen LogP) is 4.93. The lowest BCUT2D eigenvalue weighted by atomic mass is 9.96. The van der Waals surface area contributed by atoms with Crippen LogP contribution in [0.1, 0.15) is 29.0 Å². The summed E-state index contributed by atoms with van der Waals surface area (Å²) in [5.74, 6) is -0.00354. The lowest BCUT2D eigenvalue weighted by molar-refractivity contribution is -0.121. The van der Waals surface area contributed by atoms with Gasteiger partial charge in [-0.1, -0.05) is 35.3 Å². The predicted molar refractivity (Wildman–Crippen MR) is 112 cm³/mol. The van der Waals surface area contributed by atoms with Gasteiger partial charge in [0, 0.05) is 30.2 Å². The van der Waals surface area contributed by atoms with Gasteiger partial charge in [-0.2, -0.15) is 0 Å². The Morgan fingerprint density at radius 3 is 2.79 bits per heavy atom. The highest BCUT2D eigenvalue weighted by Crippen LogP contribution is 2.32. The third kappa shape index (κ3) is 3.95. The fraction of sp³-hybridized carbons (Fsp3) is 0.286. The molecule has 3 heterocycles. The van der Waals surface area contributed by atoms with Crippen LogP contribution in [0.2, 0.25) is 10.0 Å². The van der Waals surface area contributed by atoms with Gasteiger partial charge in [-0.25, -0.2) is 4.98 Å². The van der Waals surface area contributed by atoms with E-state index in [1.807, 2.05) is 19.1 Å². The highest BCUT2D eigenvalue weighted by Gasteiger charge is 2.31. The number of amides is 2. The van der Waals surface area contributed by atoms with E-state index in [-0.39, 0.29) is 23.5 Å². The molecule has 4 rings (SSSR count). The Hall–Kier alpha value is -2.57. The molecule has 3 aromatic rings. The molecule has 1 N–H and O–H groups in total. The van der Waals surface area contributed by atoms with Crippen molar-refractivity contribution in [2.24, 2.45) is 5.92 Å². The summed E-state index contributed by atoms with van der Waals surface area (Å²) in [5.41, 5.74) is 1.26. The quantitative estimate of drug-likeness (QED) is 0.637. The number of hydrogen-bond acceptors (Lipinski definition) is 4. The van der Waals surface area contributed by atoms with E-state index in [1.165, 1.54) is 6.20 Å². The van der Waals surface area contributed by atoms with Crippen molar-refractivity contribution < 1.29 is 14.0 Å². The molecule has 0 aliphatic carbocycles. The van der Waals surface area contributed by atoms with Gasteiger partial charge in [0.2, 0.25) is 5.91 Å². The van der Waals surface area contributed by atoms with E-state index in [4.69, 9.17) is 27.6 Å². The van der Waals surface area contributed by atoms with Crippen LogP contribution in [0.15, 0.2) is 40.9 Å². The number of anilines is 1. The number of furan rings is 1. The molecule has 1 atom stereocenters. The summed E-state index contributed by atoms with van der Waals surface area (Å²) < 4.78 is 5.80. The first-order chi connectivity index (χ1) is 13.9. The molecule has 0 spiro atoms. The van der Waals surface area contributed by atoms with Crippen molar-refractivity contribution in [1.82, 2.24) is 9.88 Å². The number of piperidine rings is 1. The fourth-order valence-corrected chi connectivity index (χ4v) is 3.94. The van der Waals surface area contributed by atoms with Crippen LogP contribution in [0.5, 0.6) is 0 Å². The molecule has 1 fully saturated rings. The van der Waals surface area contributed by atoms with Crippen molar-refractivity contribution in [2.45, 2.75) is 19.8 Å². The summed E-state index contributed by atoms with van der Waals surface area (Å²) in [4.78, 5) is 31.5. The summed E-state index contributed by atoms with van der Waals surface area (Å²) in [6.07, 6.45) is 2.91. The second kappa shape index (κ2) is 8.05. The van der Waals surface area contributed by atoms with Gasteiger partial charge in [0.1, 0.15) is 5.82 Å². The number of fused-ring (bicyclic) bond motifs is 1. The Bertz CT molecular complexity index is 1080. The van der Waals surface area contributed by atoms with Crippen LogP contribution < -0.4 is 5.32 Å². The number of carbonyl (C=O) groups excluding carboxylic acids is 2. The van der Waals surface area contributed by atoms with E-state index >= 15 is 0 Å². The van der Waals surface area contributed by atoms with Crippen molar-refractivity contribution in [2.75, 3.05) is 18.4 Å². The van der Waals surface area contributed by atoms with Gasteiger partial charge in [-0.05, 0) is 38.0 Å². The lowest BCUT2D eigenvalue weighted by Crippen LogP contribution is -2.43. The second-order valence-electron chi connectivity index (χ2n) is 7.11. The van der Waals surface area contributed by atoms with Crippen LogP contribution in [-0.2, 0) is 4.79 Å². The molecule has 6 nitrogen and oxygen atoms in total. The maximum absolute atomic E-state index is 13.1. The Kier molecular flexibility index (Phi) is 5.48. The van der Waals surface area contributed by atoms with Crippen LogP contribution >= 0.6 is 23.2 Å². The smallest absolute Gasteiger partial charge is 0.289 e. The van der Waals surface area contributed by atoms with Crippen molar-refractivity contribution in [1.29, 1.82) is 0 Å². The molecule has 1 saturated heterocycles. The Labute approximate surface area is 177 Å². The third-order valence-corrected chi connectivity index (χ3v) is 5.69. The maximum Gasteiger partial charge on any atom is 0.289 e. The van der Waals surface area contributed by atoms with Crippen molar-refractivity contribution in [3.05, 3.63) is 57.9 Å². The number of likely N-dealkylation sites (tertiary alicyclic amines) is 1. The number of halogens is 2. The Morgan fingerprint density at radius 1 is 1.24 bits per heavy atom. The minimum atomic E-state index is -0.321. The normalized spacial score (nSPS) is 16.8. The molecule has 0 saturated carbocycles. The molecular formula is C21H19Cl2N3O3. The first-order valence-corrected chi connectivity index (χ1v) is 10.1. The SMILES string of the molecule is Cc1c(C(=O)N2CCCC(C(=O)Nc3ccc(Cl)cn3)C2)oc2c(Cl)cccc12. The van der Waals surface area contributed by atoms with Crippen LogP contribution in [-0.4, -0.2) is 34.8 Å². The molecule has 1 unspecified atom stereocenters. The molecule has 150 valence electrons. The fourth-order valence-electron chi connectivity index (χ4n) is 3.61. The van der Waals surface area contributed by atoms with Crippen molar-refractivity contribution in [3.8, 4) is 0 Å². The highest BCUT2D eigenvalue weighted by molar-refractivity contribution is 6.35. The molecule has 29 heavy (non-hydrogen) atoms. The van der Waals surface area contributed by atoms with Gasteiger partial charge < -0.3 is 14.6 Å². The first kappa shape index (κ1) is 19.7. The molecule has 1 aromatic carbocycles. The lowest BCUT2D eigenvalue weighted by Gasteiger charge is -2.31. The van der Waals surface area contributed by atoms with Crippen molar-refractivity contribution >= 4 is 51.8 Å². The van der Waals surface area contributed by atoms with Gasteiger partial charge in [0.15, 0.2) is 11.3 Å². The topological polar surface area (TPSA) is 75.4 Å². The Balaban J connectivity index is 1.50. The average Bonchev–Trinajstić information content (AvgIpc) is 3.07. The number of carbonyl (C=O) groups is 2. The van der Waals surface area contributed by atoms with Crippen LogP contribution in [0.25, 0.3) is 11.0 Å². The number of para-hydroxylation sites is 1. The van der Waals surface area contributed by atoms with E-state index in [1.54, 1.807) is 23.1 Å². The van der Waals surface area contributed by atoms with Gasteiger partial charge in [-0.15, -0.1) is 0 Å². The van der Waals surface area contributed by atoms with Crippen LogP contribution in [0, 0.1) is 12.8 Å². The largest absolute Gasteiger partial charge is 0.449 e. The van der Waals surface area contributed by atoms with E-state index < -0.39 is 0 Å². The second-order valence-corrected chi connectivity index (χ2v) is 7.96. The van der Waals surface area contributed by atoms with Crippen LogP contribution in [0.4, 0.5) is 5.82 Å². The number of benzene rings is 1. The van der Waals surface area contributed by atoms with E-state index in [0.717, 1.165) is 17.4 Å². The summed E-state index contributed by atoms with van der Waals surface area (Å²) >= 11 is 12.0. The number of aromatic nitrogens is 1. The molecule has 1 aliphatic heterocycles. The zero-order valence-corrected chi connectivity index (χ0v) is 17.3. The summed E-state index contributed by atoms with van der Waals surface area (Å²) in [6, 6.07) is 8.74. The maximum atomic E-state index is 13.1.